The molecule has 0 saturated heterocycles. The van der Waals surface area contributed by atoms with Crippen molar-refractivity contribution in [3.05, 3.63) is 17.5 Å². The van der Waals surface area contributed by atoms with E-state index in [0.717, 1.165) is 12.8 Å². The van der Waals surface area contributed by atoms with E-state index in [0.29, 0.717) is 18.9 Å². The van der Waals surface area contributed by atoms with E-state index in [9.17, 15) is 4.79 Å². The number of nitrogens with two attached hydrogens (primary N) is 1. The largest absolute Gasteiger partial charge is 0.377 e. The molecule has 19 heavy (non-hydrogen) atoms. The Morgan fingerprint density at radius 2 is 2.16 bits per heavy atom. The molecule has 0 aliphatic heterocycles. The van der Waals surface area contributed by atoms with Gasteiger partial charge in [0.1, 0.15) is 6.61 Å². The molecule has 0 aliphatic rings. The summed E-state index contributed by atoms with van der Waals surface area (Å²) in [6.07, 6.45) is 1.54. The van der Waals surface area contributed by atoms with Crippen LogP contribution >= 0.6 is 12.4 Å². The van der Waals surface area contributed by atoms with Gasteiger partial charge in [-0.05, 0) is 12.8 Å². The summed E-state index contributed by atoms with van der Waals surface area (Å²) in [7, 11) is 1.55. The first-order valence-corrected chi connectivity index (χ1v) is 6.08. The molecule has 0 aromatic carbocycles. The molecule has 3 N–H and O–H groups in total. The number of nitrogens with zero attached hydrogens (tertiary/aromatic N) is 1. The van der Waals surface area contributed by atoms with Crippen molar-refractivity contribution in [3.8, 4) is 0 Å². The maximum absolute atomic E-state index is 12.0. The summed E-state index contributed by atoms with van der Waals surface area (Å²) < 4.78 is 9.87. The molecule has 1 aromatic rings. The molecule has 0 bridgehead atoms. The van der Waals surface area contributed by atoms with Crippen LogP contribution in [-0.2, 0) is 11.3 Å². The molecule has 6 nitrogen and oxygen atoms in total. The normalized spacial score (nSPS) is 10.9. The Kier molecular flexibility index (Phi) is 7.66. The van der Waals surface area contributed by atoms with E-state index < -0.39 is 0 Å². The number of amides is 1. The first-order chi connectivity index (χ1) is 8.60. The number of methoxy groups -OCH3 is 1. The van der Waals surface area contributed by atoms with Crippen molar-refractivity contribution in [1.82, 2.24) is 10.5 Å². The lowest BCUT2D eigenvalue weighted by Gasteiger charge is -2.30. The van der Waals surface area contributed by atoms with Crippen molar-refractivity contribution in [1.29, 1.82) is 0 Å². The molecule has 7 heteroatoms. The van der Waals surface area contributed by atoms with E-state index in [1.807, 2.05) is 13.8 Å². The number of carbonyl (C=O) groups is 1. The molecule has 0 spiro atoms. The third-order valence-electron chi connectivity index (χ3n) is 3.20. The van der Waals surface area contributed by atoms with Gasteiger partial charge < -0.3 is 20.3 Å². The highest BCUT2D eigenvalue weighted by Crippen LogP contribution is 2.14. The van der Waals surface area contributed by atoms with Gasteiger partial charge in [0.2, 0.25) is 0 Å². The van der Waals surface area contributed by atoms with E-state index in [2.05, 4.69) is 10.5 Å². The second-order valence-electron chi connectivity index (χ2n) is 4.26. The zero-order valence-electron chi connectivity index (χ0n) is 11.6. The fourth-order valence-electron chi connectivity index (χ4n) is 1.70. The fourth-order valence-corrected chi connectivity index (χ4v) is 1.70. The lowest BCUT2D eigenvalue weighted by atomic mass is 9.93. The van der Waals surface area contributed by atoms with Crippen molar-refractivity contribution in [2.75, 3.05) is 13.7 Å². The van der Waals surface area contributed by atoms with Crippen molar-refractivity contribution in [2.45, 2.75) is 38.8 Å². The molecule has 1 aromatic heterocycles. The first-order valence-electron chi connectivity index (χ1n) is 6.08. The minimum absolute atomic E-state index is 0. The number of hydrogen-bond acceptors (Lipinski definition) is 5. The van der Waals surface area contributed by atoms with Crippen LogP contribution in [-0.4, -0.2) is 30.3 Å². The van der Waals surface area contributed by atoms with Gasteiger partial charge in [-0.2, -0.15) is 0 Å². The van der Waals surface area contributed by atoms with E-state index in [1.54, 1.807) is 13.2 Å². The second kappa shape index (κ2) is 8.14. The van der Waals surface area contributed by atoms with Gasteiger partial charge in [-0.15, -0.1) is 12.4 Å². The molecule has 1 rings (SSSR count). The van der Waals surface area contributed by atoms with E-state index in [-0.39, 0.29) is 29.5 Å². The van der Waals surface area contributed by atoms with Gasteiger partial charge in [0, 0.05) is 19.7 Å². The molecule has 1 amide bonds. The van der Waals surface area contributed by atoms with Crippen molar-refractivity contribution >= 4 is 18.3 Å². The average molecular weight is 292 g/mol. The summed E-state index contributed by atoms with van der Waals surface area (Å²) in [5, 5.41) is 6.64. The second-order valence-corrected chi connectivity index (χ2v) is 4.26. The Labute approximate surface area is 119 Å². The van der Waals surface area contributed by atoms with E-state index in [1.165, 1.54) is 0 Å². The molecule has 0 unspecified atom stereocenters. The lowest BCUT2D eigenvalue weighted by Crippen LogP contribution is -2.52. The van der Waals surface area contributed by atoms with Crippen molar-refractivity contribution in [3.63, 3.8) is 0 Å². The van der Waals surface area contributed by atoms with Crippen LogP contribution in [0.3, 0.4) is 0 Å². The Morgan fingerprint density at radius 3 is 2.63 bits per heavy atom. The standard InChI is InChI=1S/C12H21N3O3.ClH/c1-4-12(5-2,8-13)14-11(16)10-6-9(7-17-3)18-15-10;/h6H,4-5,7-8,13H2,1-3H3,(H,14,16);1H. The zero-order valence-corrected chi connectivity index (χ0v) is 12.4. The molecule has 0 radical (unpaired) electrons. The van der Waals surface area contributed by atoms with E-state index in [4.69, 9.17) is 15.0 Å². The lowest BCUT2D eigenvalue weighted by molar-refractivity contribution is 0.0885. The van der Waals surface area contributed by atoms with Gasteiger partial charge in [-0.25, -0.2) is 0 Å². The molecule has 110 valence electrons. The zero-order chi connectivity index (χ0) is 13.6. The topological polar surface area (TPSA) is 90.4 Å². The number of nitrogens with one attached hydrogen (secondary N) is 1. The van der Waals surface area contributed by atoms with Gasteiger partial charge in [0.25, 0.3) is 5.91 Å². The summed E-state index contributed by atoms with van der Waals surface area (Å²) in [5.74, 6) is 0.254. The Hall–Kier alpha value is -1.11. The molecule has 0 aliphatic carbocycles. The first kappa shape index (κ1) is 17.9. The van der Waals surface area contributed by atoms with E-state index >= 15 is 0 Å². The smallest absolute Gasteiger partial charge is 0.273 e. The quantitative estimate of drug-likeness (QED) is 0.794. The van der Waals surface area contributed by atoms with Crippen LogP contribution in [0.25, 0.3) is 0 Å². The Morgan fingerprint density at radius 1 is 1.53 bits per heavy atom. The highest BCUT2D eigenvalue weighted by molar-refractivity contribution is 5.92. The fraction of sp³-hybridized carbons (Fsp3) is 0.667. The number of aromatic nitrogens is 1. The van der Waals surface area contributed by atoms with Gasteiger partial charge in [0.05, 0.1) is 5.54 Å². The van der Waals surface area contributed by atoms with Gasteiger partial charge in [-0.3, -0.25) is 4.79 Å². The predicted molar refractivity (Wildman–Crippen MR) is 74.3 cm³/mol. The summed E-state index contributed by atoms with van der Waals surface area (Å²) in [6.45, 7) is 4.68. The number of halogens is 1. The van der Waals surface area contributed by atoms with Crippen LogP contribution in [0, 0.1) is 0 Å². The Bertz CT molecular complexity index is 383. The average Bonchev–Trinajstić information content (AvgIpc) is 2.85. The highest BCUT2D eigenvalue weighted by Gasteiger charge is 2.28. The molecule has 0 fully saturated rings. The van der Waals surface area contributed by atoms with Crippen LogP contribution in [0.5, 0.6) is 0 Å². The SMILES string of the molecule is CCC(CC)(CN)NC(=O)c1cc(COC)on1.Cl. The molecular weight excluding hydrogens is 270 g/mol. The van der Waals surface area contributed by atoms with Crippen LogP contribution < -0.4 is 11.1 Å². The third kappa shape index (κ3) is 4.49. The highest BCUT2D eigenvalue weighted by atomic mass is 35.5. The van der Waals surface area contributed by atoms with Crippen LogP contribution in [0.1, 0.15) is 42.9 Å². The third-order valence-corrected chi connectivity index (χ3v) is 3.20. The van der Waals surface area contributed by atoms with Crippen LogP contribution in [0.2, 0.25) is 0 Å². The number of hydrogen-bond donors (Lipinski definition) is 2. The van der Waals surface area contributed by atoms with Gasteiger partial charge in [0.15, 0.2) is 11.5 Å². The predicted octanol–water partition coefficient (Wildman–Crippen LogP) is 1.49. The maximum Gasteiger partial charge on any atom is 0.273 e. The Balaban J connectivity index is 0.00000324. The minimum Gasteiger partial charge on any atom is -0.377 e. The van der Waals surface area contributed by atoms with Gasteiger partial charge >= 0.3 is 0 Å². The molecule has 1 heterocycles. The monoisotopic (exact) mass is 291 g/mol. The molecule has 0 saturated carbocycles. The summed E-state index contributed by atoms with van der Waals surface area (Å²) in [5.41, 5.74) is 5.60. The summed E-state index contributed by atoms with van der Waals surface area (Å²) in [4.78, 5) is 12.0. The van der Waals surface area contributed by atoms with Gasteiger partial charge in [-0.1, -0.05) is 19.0 Å². The minimum atomic E-state index is -0.378. The number of carbonyl (C=O) groups excluding carboxylic acids is 1. The van der Waals surface area contributed by atoms with Crippen LogP contribution in [0.15, 0.2) is 10.6 Å². The van der Waals surface area contributed by atoms with Crippen molar-refractivity contribution < 1.29 is 14.1 Å². The number of rotatable bonds is 7. The maximum atomic E-state index is 12.0. The number of ether oxygens (including phenoxy) is 1. The van der Waals surface area contributed by atoms with Crippen molar-refractivity contribution in [2.24, 2.45) is 5.73 Å². The summed E-state index contributed by atoms with van der Waals surface area (Å²) >= 11 is 0. The summed E-state index contributed by atoms with van der Waals surface area (Å²) in [6, 6.07) is 1.57. The van der Waals surface area contributed by atoms with Crippen LogP contribution in [0.4, 0.5) is 0 Å². The molecular formula is C12H22ClN3O3. The molecule has 0 atom stereocenters.